The van der Waals surface area contributed by atoms with Crippen LogP contribution < -0.4 is 5.32 Å². The Morgan fingerprint density at radius 1 is 1.28 bits per heavy atom. The molecule has 1 saturated heterocycles. The van der Waals surface area contributed by atoms with Gasteiger partial charge in [-0.2, -0.15) is 0 Å². The predicted molar refractivity (Wildman–Crippen MR) is 109 cm³/mol. The summed E-state index contributed by atoms with van der Waals surface area (Å²) in [5.74, 6) is 0.459. The number of rotatable bonds is 10. The molecule has 2 amide bonds. The van der Waals surface area contributed by atoms with E-state index in [1.165, 1.54) is 31.8 Å². The van der Waals surface area contributed by atoms with Gasteiger partial charge in [0.2, 0.25) is 5.91 Å². The lowest BCUT2D eigenvalue weighted by Crippen LogP contribution is -2.39. The molecule has 0 radical (unpaired) electrons. The van der Waals surface area contributed by atoms with Gasteiger partial charge in [-0.1, -0.05) is 6.42 Å². The van der Waals surface area contributed by atoms with Crippen molar-refractivity contribution < 1.29 is 18.4 Å². The van der Waals surface area contributed by atoms with Gasteiger partial charge in [-0.05, 0) is 50.9 Å². The minimum Gasteiger partial charge on any atom is -0.472 e. The van der Waals surface area contributed by atoms with E-state index < -0.39 is 0 Å². The van der Waals surface area contributed by atoms with Gasteiger partial charge in [-0.3, -0.25) is 9.59 Å². The van der Waals surface area contributed by atoms with Crippen LogP contribution in [0.4, 0.5) is 0 Å². The van der Waals surface area contributed by atoms with Crippen LogP contribution in [0, 0.1) is 0 Å². The molecule has 0 bridgehead atoms. The van der Waals surface area contributed by atoms with Gasteiger partial charge in [0.15, 0.2) is 0 Å². The van der Waals surface area contributed by atoms with Crippen molar-refractivity contribution in [1.29, 1.82) is 0 Å². The number of amides is 2. The third-order valence-corrected chi connectivity index (χ3v) is 5.48. The van der Waals surface area contributed by atoms with Crippen LogP contribution in [-0.4, -0.2) is 53.8 Å². The van der Waals surface area contributed by atoms with Gasteiger partial charge in [0.1, 0.15) is 12.0 Å². The Morgan fingerprint density at radius 3 is 2.90 bits per heavy atom. The summed E-state index contributed by atoms with van der Waals surface area (Å²) in [5, 5.41) is 2.98. The minimum atomic E-state index is -0.179. The molecule has 0 aromatic carbocycles. The molecule has 0 spiro atoms. The van der Waals surface area contributed by atoms with Crippen LogP contribution in [0.1, 0.15) is 55.1 Å². The van der Waals surface area contributed by atoms with Crippen molar-refractivity contribution in [3.05, 3.63) is 48.3 Å². The molecule has 7 nitrogen and oxygen atoms in total. The maximum Gasteiger partial charge on any atom is 0.257 e. The Hall–Kier alpha value is -2.54. The number of carbonyl (C=O) groups excluding carboxylic acids is 2. The number of hydrogen-bond donors (Lipinski definition) is 1. The van der Waals surface area contributed by atoms with Crippen molar-refractivity contribution in [3.63, 3.8) is 0 Å². The van der Waals surface area contributed by atoms with Crippen molar-refractivity contribution >= 4 is 11.8 Å². The van der Waals surface area contributed by atoms with E-state index in [2.05, 4.69) is 17.1 Å². The van der Waals surface area contributed by atoms with E-state index in [-0.39, 0.29) is 18.2 Å². The van der Waals surface area contributed by atoms with Crippen molar-refractivity contribution in [2.45, 2.75) is 51.6 Å². The highest BCUT2D eigenvalue weighted by Crippen LogP contribution is 2.16. The zero-order valence-electron chi connectivity index (χ0n) is 17.1. The van der Waals surface area contributed by atoms with Crippen LogP contribution in [0.2, 0.25) is 0 Å². The number of likely N-dealkylation sites (tertiary alicyclic amines) is 1. The SMILES string of the molecule is CC1CCCCN1CCCNC(=O)CCN(Cc1ccco1)C(=O)c1ccoc1. The summed E-state index contributed by atoms with van der Waals surface area (Å²) in [4.78, 5) is 29.1. The molecule has 3 heterocycles. The van der Waals surface area contributed by atoms with Crippen molar-refractivity contribution in [3.8, 4) is 0 Å². The summed E-state index contributed by atoms with van der Waals surface area (Å²) < 4.78 is 10.4. The highest BCUT2D eigenvalue weighted by atomic mass is 16.3. The van der Waals surface area contributed by atoms with Crippen LogP contribution in [0.5, 0.6) is 0 Å². The second kappa shape index (κ2) is 10.9. The normalized spacial score (nSPS) is 17.2. The topological polar surface area (TPSA) is 78.9 Å². The molecule has 7 heteroatoms. The molecule has 29 heavy (non-hydrogen) atoms. The summed E-state index contributed by atoms with van der Waals surface area (Å²) in [5.41, 5.74) is 0.465. The smallest absolute Gasteiger partial charge is 0.257 e. The number of nitrogens with zero attached hydrogens (tertiary/aromatic N) is 2. The Kier molecular flexibility index (Phi) is 7.93. The molecule has 158 valence electrons. The lowest BCUT2D eigenvalue weighted by atomic mass is 10.0. The number of piperidine rings is 1. The molecule has 2 aromatic heterocycles. The second-order valence-electron chi connectivity index (χ2n) is 7.65. The van der Waals surface area contributed by atoms with Gasteiger partial charge in [0.25, 0.3) is 5.91 Å². The first-order valence-electron chi connectivity index (χ1n) is 10.5. The molecule has 1 aliphatic heterocycles. The molecule has 0 aliphatic carbocycles. The second-order valence-corrected chi connectivity index (χ2v) is 7.65. The Morgan fingerprint density at radius 2 is 2.17 bits per heavy atom. The largest absolute Gasteiger partial charge is 0.472 e. The van der Waals surface area contributed by atoms with Crippen LogP contribution in [0.15, 0.2) is 45.8 Å². The fourth-order valence-electron chi connectivity index (χ4n) is 3.74. The van der Waals surface area contributed by atoms with E-state index in [1.54, 1.807) is 23.3 Å². The summed E-state index contributed by atoms with van der Waals surface area (Å²) in [6, 6.07) is 5.87. The van der Waals surface area contributed by atoms with Gasteiger partial charge in [-0.15, -0.1) is 0 Å². The fourth-order valence-corrected chi connectivity index (χ4v) is 3.74. The van der Waals surface area contributed by atoms with Crippen LogP contribution in [0.25, 0.3) is 0 Å². The predicted octanol–water partition coefficient (Wildman–Crippen LogP) is 3.29. The number of carbonyl (C=O) groups is 2. The van der Waals surface area contributed by atoms with Crippen LogP contribution in [-0.2, 0) is 11.3 Å². The third kappa shape index (κ3) is 6.49. The van der Waals surface area contributed by atoms with Crippen molar-refractivity contribution in [2.24, 2.45) is 0 Å². The summed E-state index contributed by atoms with van der Waals surface area (Å²) in [6.45, 7) is 5.76. The average Bonchev–Trinajstić information content (AvgIpc) is 3.43. The summed E-state index contributed by atoms with van der Waals surface area (Å²) >= 11 is 0. The van der Waals surface area contributed by atoms with E-state index in [1.807, 2.05) is 6.07 Å². The quantitative estimate of drug-likeness (QED) is 0.618. The Bertz CT molecular complexity index is 742. The van der Waals surface area contributed by atoms with E-state index in [9.17, 15) is 9.59 Å². The van der Waals surface area contributed by atoms with E-state index in [0.717, 1.165) is 19.5 Å². The van der Waals surface area contributed by atoms with Crippen molar-refractivity contribution in [2.75, 3.05) is 26.2 Å². The molecule has 1 atom stereocenters. The maximum atomic E-state index is 12.7. The molecule has 0 saturated carbocycles. The maximum absolute atomic E-state index is 12.7. The van der Waals surface area contributed by atoms with E-state index in [4.69, 9.17) is 8.83 Å². The van der Waals surface area contributed by atoms with Crippen LogP contribution >= 0.6 is 0 Å². The molecule has 2 aromatic rings. The Labute approximate surface area is 172 Å². The van der Waals surface area contributed by atoms with Crippen LogP contribution in [0.3, 0.4) is 0 Å². The first-order chi connectivity index (χ1) is 14.1. The monoisotopic (exact) mass is 401 g/mol. The molecular weight excluding hydrogens is 370 g/mol. The zero-order chi connectivity index (χ0) is 20.5. The summed E-state index contributed by atoms with van der Waals surface area (Å²) in [7, 11) is 0. The fraction of sp³-hybridized carbons (Fsp3) is 0.545. The zero-order valence-corrected chi connectivity index (χ0v) is 17.1. The van der Waals surface area contributed by atoms with E-state index in [0.29, 0.717) is 37.0 Å². The average molecular weight is 402 g/mol. The molecular formula is C22H31N3O4. The first kappa shape index (κ1) is 21.2. The highest BCUT2D eigenvalue weighted by molar-refractivity contribution is 5.94. The summed E-state index contributed by atoms with van der Waals surface area (Å²) in [6.07, 6.45) is 9.51. The lowest BCUT2D eigenvalue weighted by molar-refractivity contribution is -0.121. The Balaban J connectivity index is 1.42. The number of hydrogen-bond acceptors (Lipinski definition) is 5. The lowest BCUT2D eigenvalue weighted by Gasteiger charge is -2.33. The number of nitrogens with one attached hydrogen (secondary N) is 1. The third-order valence-electron chi connectivity index (χ3n) is 5.48. The van der Waals surface area contributed by atoms with Gasteiger partial charge in [0.05, 0.1) is 24.6 Å². The standard InChI is InChI=1S/C22H31N3O4/c1-18-6-2-3-11-24(18)12-5-10-23-21(26)8-13-25(16-20-7-4-14-29-20)22(27)19-9-15-28-17-19/h4,7,9,14-15,17-18H,2-3,5-6,8,10-13,16H2,1H3,(H,23,26). The molecule has 1 aliphatic rings. The molecule has 3 rings (SSSR count). The van der Waals surface area contributed by atoms with Gasteiger partial charge >= 0.3 is 0 Å². The minimum absolute atomic E-state index is 0.0406. The van der Waals surface area contributed by atoms with Crippen molar-refractivity contribution in [1.82, 2.24) is 15.1 Å². The highest BCUT2D eigenvalue weighted by Gasteiger charge is 2.20. The number of furan rings is 2. The molecule has 1 N–H and O–H groups in total. The van der Waals surface area contributed by atoms with E-state index >= 15 is 0 Å². The first-order valence-corrected chi connectivity index (χ1v) is 10.5. The van der Waals surface area contributed by atoms with Gasteiger partial charge < -0.3 is 24.0 Å². The molecule has 1 unspecified atom stereocenters. The van der Waals surface area contributed by atoms with Gasteiger partial charge in [-0.25, -0.2) is 0 Å². The molecule has 1 fully saturated rings. The van der Waals surface area contributed by atoms with Gasteiger partial charge in [0, 0.05) is 32.1 Å².